The molecule has 0 aromatic rings. The summed E-state index contributed by atoms with van der Waals surface area (Å²) in [6, 6.07) is -0.252. The molecule has 4 nitrogen and oxygen atoms in total. The van der Waals surface area contributed by atoms with Crippen LogP contribution in [0.3, 0.4) is 0 Å². The van der Waals surface area contributed by atoms with Crippen LogP contribution in [0.25, 0.3) is 0 Å². The second-order valence-corrected chi connectivity index (χ2v) is 4.73. The van der Waals surface area contributed by atoms with Gasteiger partial charge in [0.05, 0.1) is 6.10 Å². The number of hydrogen-bond acceptors (Lipinski definition) is 4. The van der Waals surface area contributed by atoms with Crippen molar-refractivity contribution in [2.24, 2.45) is 0 Å². The topological polar surface area (TPSA) is 58.6 Å². The summed E-state index contributed by atoms with van der Waals surface area (Å²) in [4.78, 5) is 11.6. The molecule has 1 heterocycles. The fourth-order valence-electron chi connectivity index (χ4n) is 1.42. The molecule has 0 aliphatic carbocycles. The summed E-state index contributed by atoms with van der Waals surface area (Å²) in [5.74, 6) is -0.218. The lowest BCUT2D eigenvalue weighted by Crippen LogP contribution is -2.48. The molecule has 0 aromatic carbocycles. The molecule has 2 atom stereocenters. The average molecular weight is 201 g/mol. The van der Waals surface area contributed by atoms with Crippen molar-refractivity contribution in [3.8, 4) is 0 Å². The van der Waals surface area contributed by atoms with Gasteiger partial charge in [0, 0.05) is 6.54 Å². The molecule has 0 radical (unpaired) electrons. The molecule has 2 N–H and O–H groups in total. The van der Waals surface area contributed by atoms with Gasteiger partial charge in [0.1, 0.15) is 11.6 Å². The van der Waals surface area contributed by atoms with E-state index >= 15 is 0 Å². The number of aliphatic hydroxyl groups excluding tert-OH is 1. The molecular weight excluding hydrogens is 182 g/mol. The minimum Gasteiger partial charge on any atom is -0.459 e. The van der Waals surface area contributed by atoms with E-state index in [0.29, 0.717) is 19.4 Å². The van der Waals surface area contributed by atoms with Gasteiger partial charge < -0.3 is 15.2 Å². The smallest absolute Gasteiger partial charge is 0.323 e. The summed E-state index contributed by atoms with van der Waals surface area (Å²) in [6.07, 6.45) is 0.987. The fourth-order valence-corrected chi connectivity index (χ4v) is 1.42. The van der Waals surface area contributed by atoms with Crippen LogP contribution < -0.4 is 5.32 Å². The SMILES string of the molecule is CC(C)(C)OC(=O)C1CCC(O)CN1. The van der Waals surface area contributed by atoms with Gasteiger partial charge in [-0.3, -0.25) is 4.79 Å². The third-order valence-electron chi connectivity index (χ3n) is 2.08. The number of aliphatic hydroxyl groups is 1. The van der Waals surface area contributed by atoms with Crippen molar-refractivity contribution in [1.29, 1.82) is 0 Å². The molecule has 1 rings (SSSR count). The highest BCUT2D eigenvalue weighted by molar-refractivity contribution is 5.76. The van der Waals surface area contributed by atoms with Gasteiger partial charge in [0.2, 0.25) is 0 Å². The Hall–Kier alpha value is -0.610. The number of hydrogen-bond donors (Lipinski definition) is 2. The quantitative estimate of drug-likeness (QED) is 0.604. The van der Waals surface area contributed by atoms with Gasteiger partial charge in [-0.2, -0.15) is 0 Å². The van der Waals surface area contributed by atoms with E-state index < -0.39 is 5.60 Å². The zero-order chi connectivity index (χ0) is 10.8. The summed E-state index contributed by atoms with van der Waals surface area (Å²) in [5.41, 5.74) is -0.436. The lowest BCUT2D eigenvalue weighted by molar-refractivity contribution is -0.158. The number of rotatable bonds is 1. The van der Waals surface area contributed by atoms with Crippen molar-refractivity contribution >= 4 is 5.97 Å². The molecule has 2 unspecified atom stereocenters. The Kier molecular flexibility index (Phi) is 3.50. The normalized spacial score (nSPS) is 28.6. The van der Waals surface area contributed by atoms with Gasteiger partial charge in [-0.15, -0.1) is 0 Å². The van der Waals surface area contributed by atoms with Crippen molar-refractivity contribution in [2.75, 3.05) is 6.54 Å². The number of esters is 1. The van der Waals surface area contributed by atoms with E-state index in [1.165, 1.54) is 0 Å². The first-order valence-corrected chi connectivity index (χ1v) is 5.03. The van der Waals surface area contributed by atoms with E-state index in [1.54, 1.807) is 0 Å². The molecule has 1 aliphatic rings. The van der Waals surface area contributed by atoms with Crippen LogP contribution in [0.1, 0.15) is 33.6 Å². The summed E-state index contributed by atoms with van der Waals surface area (Å²) >= 11 is 0. The van der Waals surface area contributed by atoms with Crippen LogP contribution in [-0.4, -0.2) is 35.4 Å². The van der Waals surface area contributed by atoms with Crippen LogP contribution in [-0.2, 0) is 9.53 Å². The lowest BCUT2D eigenvalue weighted by atomic mass is 10.0. The highest BCUT2D eigenvalue weighted by atomic mass is 16.6. The van der Waals surface area contributed by atoms with Crippen LogP contribution >= 0.6 is 0 Å². The van der Waals surface area contributed by atoms with Crippen LogP contribution in [0, 0.1) is 0 Å². The van der Waals surface area contributed by atoms with Crippen molar-refractivity contribution in [1.82, 2.24) is 5.32 Å². The van der Waals surface area contributed by atoms with Gasteiger partial charge >= 0.3 is 5.97 Å². The molecule has 1 aliphatic heterocycles. The van der Waals surface area contributed by atoms with Crippen molar-refractivity contribution in [3.05, 3.63) is 0 Å². The average Bonchev–Trinajstić information content (AvgIpc) is 2.02. The van der Waals surface area contributed by atoms with E-state index in [4.69, 9.17) is 4.74 Å². The van der Waals surface area contributed by atoms with Crippen LogP contribution in [0.2, 0.25) is 0 Å². The zero-order valence-corrected chi connectivity index (χ0v) is 9.04. The van der Waals surface area contributed by atoms with Gasteiger partial charge in [-0.1, -0.05) is 0 Å². The molecule has 14 heavy (non-hydrogen) atoms. The van der Waals surface area contributed by atoms with E-state index in [0.717, 1.165) is 0 Å². The zero-order valence-electron chi connectivity index (χ0n) is 9.04. The summed E-state index contributed by atoms with van der Waals surface area (Å²) in [5, 5.41) is 12.2. The first-order chi connectivity index (χ1) is 6.38. The van der Waals surface area contributed by atoms with E-state index in [1.807, 2.05) is 20.8 Å². The molecular formula is C10H19NO3. The van der Waals surface area contributed by atoms with E-state index in [2.05, 4.69) is 5.32 Å². The monoisotopic (exact) mass is 201 g/mol. The Morgan fingerprint density at radius 2 is 2.07 bits per heavy atom. The molecule has 0 amide bonds. The molecule has 4 heteroatoms. The first-order valence-electron chi connectivity index (χ1n) is 5.03. The number of nitrogens with one attached hydrogen (secondary N) is 1. The highest BCUT2D eigenvalue weighted by Gasteiger charge is 2.28. The van der Waals surface area contributed by atoms with Crippen LogP contribution in [0.5, 0.6) is 0 Å². The Morgan fingerprint density at radius 3 is 2.50 bits per heavy atom. The second-order valence-electron chi connectivity index (χ2n) is 4.73. The number of carbonyl (C=O) groups is 1. The molecule has 1 saturated heterocycles. The van der Waals surface area contributed by atoms with Crippen molar-refractivity contribution in [2.45, 2.75) is 51.4 Å². The maximum Gasteiger partial charge on any atom is 0.323 e. The number of carbonyl (C=O) groups excluding carboxylic acids is 1. The third-order valence-corrected chi connectivity index (χ3v) is 2.08. The van der Waals surface area contributed by atoms with E-state index in [-0.39, 0.29) is 18.1 Å². The summed E-state index contributed by atoms with van der Waals surface area (Å²) < 4.78 is 5.23. The maximum atomic E-state index is 11.6. The minimum absolute atomic E-state index is 0.218. The number of piperidine rings is 1. The Bertz CT molecular complexity index is 202. The van der Waals surface area contributed by atoms with Crippen LogP contribution in [0.15, 0.2) is 0 Å². The Balaban J connectivity index is 2.38. The summed E-state index contributed by atoms with van der Waals surface area (Å²) in [7, 11) is 0. The Labute approximate surface area is 84.6 Å². The molecule has 0 saturated carbocycles. The molecule has 0 aromatic heterocycles. The highest BCUT2D eigenvalue weighted by Crippen LogP contribution is 2.13. The van der Waals surface area contributed by atoms with E-state index in [9.17, 15) is 9.90 Å². The standard InChI is InChI=1S/C10H19NO3/c1-10(2,3)14-9(13)8-5-4-7(12)6-11-8/h7-8,11-12H,4-6H2,1-3H3. The van der Waals surface area contributed by atoms with Crippen molar-refractivity contribution < 1.29 is 14.6 Å². The number of β-amino-alcohol motifs (C(OH)–C–C–N with tert-alkyl or cyclic N) is 1. The lowest BCUT2D eigenvalue weighted by Gasteiger charge is -2.28. The van der Waals surface area contributed by atoms with Crippen molar-refractivity contribution in [3.63, 3.8) is 0 Å². The Morgan fingerprint density at radius 1 is 1.43 bits per heavy atom. The van der Waals surface area contributed by atoms with Gasteiger partial charge in [0.25, 0.3) is 0 Å². The molecule has 0 spiro atoms. The van der Waals surface area contributed by atoms with Gasteiger partial charge in [-0.25, -0.2) is 0 Å². The minimum atomic E-state index is -0.436. The summed E-state index contributed by atoms with van der Waals surface area (Å²) in [6.45, 7) is 6.03. The maximum absolute atomic E-state index is 11.6. The number of ether oxygens (including phenoxy) is 1. The van der Waals surface area contributed by atoms with Gasteiger partial charge in [0.15, 0.2) is 0 Å². The first kappa shape index (κ1) is 11.5. The predicted molar refractivity (Wildman–Crippen MR) is 52.9 cm³/mol. The second kappa shape index (κ2) is 4.28. The predicted octanol–water partition coefficient (Wildman–Crippen LogP) is 0.441. The van der Waals surface area contributed by atoms with Crippen LogP contribution in [0.4, 0.5) is 0 Å². The fraction of sp³-hybridized carbons (Fsp3) is 0.900. The molecule has 0 bridgehead atoms. The van der Waals surface area contributed by atoms with Gasteiger partial charge in [-0.05, 0) is 33.6 Å². The largest absolute Gasteiger partial charge is 0.459 e. The molecule has 82 valence electrons. The third kappa shape index (κ3) is 3.64. The molecule has 1 fully saturated rings.